The zero-order valence-electron chi connectivity index (χ0n) is 11.6. The fourth-order valence-electron chi connectivity index (χ4n) is 2.24. The molecule has 0 saturated carbocycles. The molecule has 5 nitrogen and oxygen atoms in total. The lowest BCUT2D eigenvalue weighted by Crippen LogP contribution is -2.27. The lowest BCUT2D eigenvalue weighted by atomic mass is 10.1. The van der Waals surface area contributed by atoms with Gasteiger partial charge in [0, 0.05) is 29.6 Å². The van der Waals surface area contributed by atoms with Crippen molar-refractivity contribution in [1.82, 2.24) is 0 Å². The molecule has 0 N–H and O–H groups in total. The van der Waals surface area contributed by atoms with Gasteiger partial charge in [-0.2, -0.15) is 0 Å². The predicted octanol–water partition coefficient (Wildman–Crippen LogP) is 2.62. The summed E-state index contributed by atoms with van der Waals surface area (Å²) in [6, 6.07) is 5.09. The maximum Gasteiger partial charge on any atom is 0.340 e. The molecule has 1 heterocycles. The quantitative estimate of drug-likeness (QED) is 0.764. The minimum atomic E-state index is -0.498. The first-order valence-electron chi connectivity index (χ1n) is 6.28. The van der Waals surface area contributed by atoms with Crippen LogP contribution in [-0.2, 0) is 14.3 Å². The highest BCUT2D eigenvalue weighted by Gasteiger charge is 2.34. The van der Waals surface area contributed by atoms with E-state index in [2.05, 4.69) is 15.9 Å². The van der Waals surface area contributed by atoms with Gasteiger partial charge in [0.25, 0.3) is 0 Å². The van der Waals surface area contributed by atoms with Gasteiger partial charge in [-0.3, -0.25) is 9.59 Å². The van der Waals surface area contributed by atoms with Crippen molar-refractivity contribution in [2.75, 3.05) is 18.6 Å². The Balaban J connectivity index is 2.31. The summed E-state index contributed by atoms with van der Waals surface area (Å²) >= 11 is 4.46. The second-order valence-electron chi connectivity index (χ2n) is 4.59. The Morgan fingerprint density at radius 3 is 2.76 bits per heavy atom. The maximum absolute atomic E-state index is 12.2. The van der Waals surface area contributed by atoms with E-state index in [0.717, 1.165) is 16.2 Å². The summed E-state index contributed by atoms with van der Waals surface area (Å²) in [5, 5.41) is -0.0946. The summed E-state index contributed by atoms with van der Waals surface area (Å²) in [5.74, 6) is -0.594. The molecule has 1 unspecified atom stereocenters. The molecule has 0 aliphatic carbocycles. The zero-order chi connectivity index (χ0) is 15.6. The average molecular weight is 372 g/mol. The third-order valence-corrected chi connectivity index (χ3v) is 4.55. The first-order valence-corrected chi connectivity index (χ1v) is 7.95. The van der Waals surface area contributed by atoms with E-state index in [0.29, 0.717) is 24.2 Å². The normalized spacial score (nSPS) is 18.0. The Labute approximate surface area is 135 Å². The monoisotopic (exact) mass is 371 g/mol. The number of halogens is 1. The Bertz CT molecular complexity index is 605. The molecule has 0 aromatic heterocycles. The van der Waals surface area contributed by atoms with Crippen molar-refractivity contribution in [3.63, 3.8) is 0 Å². The molecule has 0 bridgehead atoms. The average Bonchev–Trinajstić information content (AvgIpc) is 2.77. The molecule has 1 aliphatic heterocycles. The highest BCUT2D eigenvalue weighted by atomic mass is 79.9. The minimum Gasteiger partial charge on any atom is -0.465 e. The zero-order valence-corrected chi connectivity index (χ0v) is 14.0. The number of rotatable bonds is 3. The number of hydrogen-bond donors (Lipinski definition) is 0. The molecule has 1 fully saturated rings. The smallest absolute Gasteiger partial charge is 0.340 e. The van der Waals surface area contributed by atoms with Gasteiger partial charge in [-0.15, -0.1) is 0 Å². The maximum atomic E-state index is 12.2. The number of amides is 1. The van der Waals surface area contributed by atoms with Crippen LogP contribution in [0.3, 0.4) is 0 Å². The second-order valence-corrected chi connectivity index (χ2v) is 6.99. The van der Waals surface area contributed by atoms with Crippen LogP contribution in [0.1, 0.15) is 23.7 Å². The Hall–Kier alpha value is -1.34. The van der Waals surface area contributed by atoms with Gasteiger partial charge in [0.05, 0.1) is 18.4 Å². The molecule has 21 heavy (non-hydrogen) atoms. The number of thioether (sulfide) groups is 1. The third-order valence-electron chi connectivity index (χ3n) is 3.08. The van der Waals surface area contributed by atoms with Gasteiger partial charge in [0.2, 0.25) is 5.91 Å². The number of ether oxygens (including phenoxy) is 1. The molecule has 1 amide bonds. The molecule has 7 heteroatoms. The molecule has 1 saturated heterocycles. The van der Waals surface area contributed by atoms with Crippen molar-refractivity contribution < 1.29 is 19.1 Å². The molecule has 0 radical (unpaired) electrons. The molecule has 1 aromatic rings. The summed E-state index contributed by atoms with van der Waals surface area (Å²) in [4.78, 5) is 36.7. The lowest BCUT2D eigenvalue weighted by Gasteiger charge is -2.19. The van der Waals surface area contributed by atoms with Crippen LogP contribution >= 0.6 is 27.7 Å². The Morgan fingerprint density at radius 1 is 1.43 bits per heavy atom. The molecule has 1 aliphatic rings. The van der Waals surface area contributed by atoms with E-state index in [1.165, 1.54) is 14.0 Å². The number of nitrogens with zero attached hydrogens (tertiary/aromatic N) is 1. The van der Waals surface area contributed by atoms with Crippen LogP contribution in [0.4, 0.5) is 5.69 Å². The largest absolute Gasteiger partial charge is 0.465 e. The van der Waals surface area contributed by atoms with Gasteiger partial charge < -0.3 is 9.64 Å². The van der Waals surface area contributed by atoms with Crippen molar-refractivity contribution in [1.29, 1.82) is 0 Å². The van der Waals surface area contributed by atoms with Crippen LogP contribution in [-0.4, -0.2) is 35.9 Å². The van der Waals surface area contributed by atoms with Crippen molar-refractivity contribution >= 4 is 50.4 Å². The van der Waals surface area contributed by atoms with Gasteiger partial charge in [-0.05, 0) is 18.2 Å². The lowest BCUT2D eigenvalue weighted by molar-refractivity contribution is -0.117. The number of anilines is 1. The highest BCUT2D eigenvalue weighted by Crippen LogP contribution is 2.32. The first-order chi connectivity index (χ1) is 9.92. The van der Waals surface area contributed by atoms with E-state index in [-0.39, 0.29) is 16.3 Å². The summed E-state index contributed by atoms with van der Waals surface area (Å²) in [5.41, 5.74) is 0.843. The molecular formula is C14H14BrNO4S. The van der Waals surface area contributed by atoms with Crippen molar-refractivity contribution in [3.8, 4) is 0 Å². The number of benzene rings is 1. The summed E-state index contributed by atoms with van der Waals surface area (Å²) in [6.07, 6.45) is 0.293. The van der Waals surface area contributed by atoms with Gasteiger partial charge in [0.1, 0.15) is 0 Å². The Morgan fingerprint density at radius 2 is 2.14 bits per heavy atom. The van der Waals surface area contributed by atoms with Crippen LogP contribution in [0.15, 0.2) is 22.7 Å². The third kappa shape index (κ3) is 3.65. The number of esters is 1. The highest BCUT2D eigenvalue weighted by molar-refractivity contribution is 9.10. The van der Waals surface area contributed by atoms with Crippen LogP contribution < -0.4 is 4.90 Å². The predicted molar refractivity (Wildman–Crippen MR) is 84.5 cm³/mol. The number of hydrogen-bond acceptors (Lipinski definition) is 5. The summed E-state index contributed by atoms with van der Waals surface area (Å²) in [7, 11) is 1.30. The molecule has 1 aromatic carbocycles. The van der Waals surface area contributed by atoms with Crippen LogP contribution in [0, 0.1) is 0 Å². The van der Waals surface area contributed by atoms with E-state index in [1.807, 2.05) is 0 Å². The van der Waals surface area contributed by atoms with Gasteiger partial charge in [-0.25, -0.2) is 4.79 Å². The van der Waals surface area contributed by atoms with Gasteiger partial charge in [0.15, 0.2) is 5.12 Å². The van der Waals surface area contributed by atoms with Gasteiger partial charge in [-0.1, -0.05) is 27.7 Å². The first kappa shape index (κ1) is 16.0. The molecule has 1 atom stereocenters. The van der Waals surface area contributed by atoms with E-state index < -0.39 is 5.97 Å². The summed E-state index contributed by atoms with van der Waals surface area (Å²) in [6.45, 7) is 1.89. The van der Waals surface area contributed by atoms with E-state index in [4.69, 9.17) is 4.74 Å². The second kappa shape index (κ2) is 6.62. The van der Waals surface area contributed by atoms with Crippen molar-refractivity contribution in [2.45, 2.75) is 18.6 Å². The molecular weight excluding hydrogens is 358 g/mol. The van der Waals surface area contributed by atoms with Gasteiger partial charge >= 0.3 is 5.97 Å². The van der Waals surface area contributed by atoms with E-state index >= 15 is 0 Å². The summed E-state index contributed by atoms with van der Waals surface area (Å²) < 4.78 is 5.49. The SMILES string of the molecule is COC(=O)c1cc(Br)ccc1N1CC(SC(C)=O)CC1=O. The van der Waals surface area contributed by atoms with Crippen LogP contribution in [0.25, 0.3) is 0 Å². The fourth-order valence-corrected chi connectivity index (χ4v) is 3.52. The van der Waals surface area contributed by atoms with E-state index in [9.17, 15) is 14.4 Å². The molecule has 0 spiro atoms. The van der Waals surface area contributed by atoms with E-state index in [1.54, 1.807) is 23.1 Å². The van der Waals surface area contributed by atoms with Crippen LogP contribution in [0.5, 0.6) is 0 Å². The van der Waals surface area contributed by atoms with Crippen molar-refractivity contribution in [2.24, 2.45) is 0 Å². The topological polar surface area (TPSA) is 63.7 Å². The number of carbonyl (C=O) groups is 3. The fraction of sp³-hybridized carbons (Fsp3) is 0.357. The number of carbonyl (C=O) groups excluding carboxylic acids is 3. The molecule has 112 valence electrons. The minimum absolute atomic E-state index is 0.0151. The Kier molecular flexibility index (Phi) is 5.05. The standard InChI is InChI=1S/C14H14BrNO4S/c1-8(17)21-10-6-13(18)16(7-10)12-4-3-9(15)5-11(12)14(19)20-2/h3-5,10H,6-7H2,1-2H3. The van der Waals surface area contributed by atoms with Crippen LogP contribution in [0.2, 0.25) is 0 Å². The molecule has 2 rings (SSSR count). The number of methoxy groups -OCH3 is 1. The van der Waals surface area contributed by atoms with Crippen molar-refractivity contribution in [3.05, 3.63) is 28.2 Å².